The molecule has 1 rings (SSSR count). The number of amides is 1. The molecule has 0 radical (unpaired) electrons. The number of hydrogen-bond donors (Lipinski definition) is 1. The van der Waals surface area contributed by atoms with E-state index in [9.17, 15) is 9.59 Å². The molecule has 0 aliphatic heterocycles. The summed E-state index contributed by atoms with van der Waals surface area (Å²) in [5.41, 5.74) is 0. The molecule has 4 heteroatoms. The van der Waals surface area contributed by atoms with Gasteiger partial charge in [0.05, 0.1) is 6.42 Å². The minimum atomic E-state index is -0.840. The van der Waals surface area contributed by atoms with E-state index in [2.05, 4.69) is 0 Å². The van der Waals surface area contributed by atoms with Gasteiger partial charge in [-0.15, -0.1) is 0 Å². The van der Waals surface area contributed by atoms with E-state index < -0.39 is 5.97 Å². The van der Waals surface area contributed by atoms with Gasteiger partial charge < -0.3 is 10.0 Å². The number of rotatable bonds is 6. The molecule has 1 aliphatic rings. The SMILES string of the molecule is CC(C)CN(CCC(=O)O)C(=O)C1CC1. The van der Waals surface area contributed by atoms with Crippen LogP contribution in [0.4, 0.5) is 0 Å². The maximum absolute atomic E-state index is 11.8. The highest BCUT2D eigenvalue weighted by Crippen LogP contribution is 2.31. The van der Waals surface area contributed by atoms with Crippen molar-refractivity contribution in [1.82, 2.24) is 4.90 Å². The molecule has 1 amide bonds. The molecular weight excluding hydrogens is 194 g/mol. The van der Waals surface area contributed by atoms with E-state index in [0.29, 0.717) is 19.0 Å². The lowest BCUT2D eigenvalue weighted by atomic mass is 10.2. The monoisotopic (exact) mass is 213 g/mol. The molecule has 0 spiro atoms. The number of carbonyl (C=O) groups excluding carboxylic acids is 1. The average molecular weight is 213 g/mol. The van der Waals surface area contributed by atoms with Crippen LogP contribution in [0.5, 0.6) is 0 Å². The second-order valence-corrected chi connectivity index (χ2v) is 4.60. The summed E-state index contributed by atoms with van der Waals surface area (Å²) in [7, 11) is 0. The Morgan fingerprint density at radius 3 is 2.40 bits per heavy atom. The molecule has 0 unspecified atom stereocenters. The minimum absolute atomic E-state index is 0.0468. The first-order valence-corrected chi connectivity index (χ1v) is 5.51. The fourth-order valence-electron chi connectivity index (χ4n) is 1.55. The van der Waals surface area contributed by atoms with Gasteiger partial charge >= 0.3 is 5.97 Å². The van der Waals surface area contributed by atoms with Gasteiger partial charge in [0.25, 0.3) is 0 Å². The number of nitrogens with zero attached hydrogens (tertiary/aromatic N) is 1. The summed E-state index contributed by atoms with van der Waals surface area (Å²) in [6.45, 7) is 5.09. The van der Waals surface area contributed by atoms with Crippen LogP contribution in [0.25, 0.3) is 0 Å². The highest BCUT2D eigenvalue weighted by Gasteiger charge is 2.33. The topological polar surface area (TPSA) is 57.6 Å². The fourth-order valence-corrected chi connectivity index (χ4v) is 1.55. The number of aliphatic carboxylic acids is 1. The van der Waals surface area contributed by atoms with E-state index in [-0.39, 0.29) is 18.2 Å². The van der Waals surface area contributed by atoms with Crippen LogP contribution < -0.4 is 0 Å². The van der Waals surface area contributed by atoms with Crippen LogP contribution >= 0.6 is 0 Å². The predicted molar refractivity (Wildman–Crippen MR) is 56.4 cm³/mol. The van der Waals surface area contributed by atoms with Gasteiger partial charge in [-0.2, -0.15) is 0 Å². The molecule has 0 aromatic carbocycles. The summed E-state index contributed by atoms with van der Waals surface area (Å²) < 4.78 is 0. The van der Waals surface area contributed by atoms with E-state index in [1.807, 2.05) is 13.8 Å². The number of hydrogen-bond acceptors (Lipinski definition) is 2. The van der Waals surface area contributed by atoms with Crippen LogP contribution in [0.2, 0.25) is 0 Å². The third-order valence-corrected chi connectivity index (χ3v) is 2.42. The molecule has 1 fully saturated rings. The van der Waals surface area contributed by atoms with Crippen LogP contribution in [-0.2, 0) is 9.59 Å². The van der Waals surface area contributed by atoms with Crippen LogP contribution in [0, 0.1) is 11.8 Å². The van der Waals surface area contributed by atoms with E-state index >= 15 is 0 Å². The molecule has 1 aliphatic carbocycles. The van der Waals surface area contributed by atoms with Gasteiger partial charge in [0, 0.05) is 19.0 Å². The zero-order chi connectivity index (χ0) is 11.4. The molecule has 0 bridgehead atoms. The van der Waals surface area contributed by atoms with Gasteiger partial charge in [0.2, 0.25) is 5.91 Å². The highest BCUT2D eigenvalue weighted by atomic mass is 16.4. The summed E-state index contributed by atoms with van der Waals surface area (Å²) in [5.74, 6) is -0.128. The number of carboxylic acids is 1. The van der Waals surface area contributed by atoms with Gasteiger partial charge in [-0.1, -0.05) is 13.8 Å². The molecule has 0 aromatic rings. The molecule has 86 valence electrons. The first-order chi connectivity index (χ1) is 7.00. The molecule has 0 heterocycles. The van der Waals surface area contributed by atoms with Crippen molar-refractivity contribution >= 4 is 11.9 Å². The van der Waals surface area contributed by atoms with Crippen LogP contribution in [-0.4, -0.2) is 35.0 Å². The number of carboxylic acid groups (broad SMARTS) is 1. The maximum Gasteiger partial charge on any atom is 0.305 e. The Morgan fingerprint density at radius 1 is 1.40 bits per heavy atom. The molecular formula is C11H19NO3. The van der Waals surface area contributed by atoms with Crippen LogP contribution in [0.15, 0.2) is 0 Å². The molecule has 1 N–H and O–H groups in total. The van der Waals surface area contributed by atoms with E-state index in [4.69, 9.17) is 5.11 Å². The normalized spacial score (nSPS) is 15.4. The number of carbonyl (C=O) groups is 2. The molecule has 0 saturated heterocycles. The molecule has 15 heavy (non-hydrogen) atoms. The van der Waals surface area contributed by atoms with Crippen molar-refractivity contribution in [2.75, 3.05) is 13.1 Å². The molecule has 4 nitrogen and oxygen atoms in total. The van der Waals surface area contributed by atoms with Crippen LogP contribution in [0.3, 0.4) is 0 Å². The molecule has 0 aromatic heterocycles. The lowest BCUT2D eigenvalue weighted by Crippen LogP contribution is -2.36. The third kappa shape index (κ3) is 4.32. The summed E-state index contributed by atoms with van der Waals surface area (Å²) in [5, 5.41) is 8.59. The summed E-state index contributed by atoms with van der Waals surface area (Å²) in [6.07, 6.45) is 1.99. The van der Waals surface area contributed by atoms with Gasteiger partial charge in [-0.05, 0) is 18.8 Å². The quantitative estimate of drug-likeness (QED) is 0.724. The second-order valence-electron chi connectivity index (χ2n) is 4.60. The zero-order valence-electron chi connectivity index (χ0n) is 9.40. The first-order valence-electron chi connectivity index (χ1n) is 5.51. The van der Waals surface area contributed by atoms with Crippen molar-refractivity contribution in [3.63, 3.8) is 0 Å². The maximum atomic E-state index is 11.8. The Morgan fingerprint density at radius 2 is 2.00 bits per heavy atom. The Kier molecular flexibility index (Phi) is 4.12. The zero-order valence-corrected chi connectivity index (χ0v) is 9.40. The van der Waals surface area contributed by atoms with E-state index in [0.717, 1.165) is 12.8 Å². The predicted octanol–water partition coefficient (Wildman–Crippen LogP) is 1.36. The van der Waals surface area contributed by atoms with Crippen molar-refractivity contribution in [2.45, 2.75) is 33.1 Å². The molecule has 0 atom stereocenters. The third-order valence-electron chi connectivity index (χ3n) is 2.42. The Balaban J connectivity index is 2.43. The Labute approximate surface area is 90.3 Å². The van der Waals surface area contributed by atoms with Crippen molar-refractivity contribution in [1.29, 1.82) is 0 Å². The standard InChI is InChI=1S/C11H19NO3/c1-8(2)7-12(6-5-10(13)14)11(15)9-3-4-9/h8-9H,3-7H2,1-2H3,(H,13,14). The van der Waals surface area contributed by atoms with E-state index in [1.54, 1.807) is 4.90 Å². The van der Waals surface area contributed by atoms with Crippen molar-refractivity contribution in [3.05, 3.63) is 0 Å². The van der Waals surface area contributed by atoms with Gasteiger partial charge in [0.1, 0.15) is 0 Å². The summed E-state index contributed by atoms with van der Waals surface area (Å²) in [6, 6.07) is 0. The lowest BCUT2D eigenvalue weighted by Gasteiger charge is -2.23. The van der Waals surface area contributed by atoms with Crippen molar-refractivity contribution in [2.24, 2.45) is 11.8 Å². The van der Waals surface area contributed by atoms with E-state index in [1.165, 1.54) is 0 Å². The van der Waals surface area contributed by atoms with Gasteiger partial charge in [-0.3, -0.25) is 9.59 Å². The summed E-state index contributed by atoms with van der Waals surface area (Å²) in [4.78, 5) is 24.0. The average Bonchev–Trinajstić information content (AvgIpc) is 2.93. The van der Waals surface area contributed by atoms with Gasteiger partial charge in [0.15, 0.2) is 0 Å². The van der Waals surface area contributed by atoms with Gasteiger partial charge in [-0.25, -0.2) is 0 Å². The highest BCUT2D eigenvalue weighted by molar-refractivity contribution is 5.81. The molecule has 1 saturated carbocycles. The van der Waals surface area contributed by atoms with Crippen LogP contribution in [0.1, 0.15) is 33.1 Å². The second kappa shape index (κ2) is 5.14. The Hall–Kier alpha value is -1.06. The smallest absolute Gasteiger partial charge is 0.305 e. The fraction of sp³-hybridized carbons (Fsp3) is 0.818. The van der Waals surface area contributed by atoms with Crippen molar-refractivity contribution < 1.29 is 14.7 Å². The lowest BCUT2D eigenvalue weighted by molar-refractivity contribution is -0.139. The summed E-state index contributed by atoms with van der Waals surface area (Å²) >= 11 is 0. The first kappa shape index (κ1) is 12.0. The Bertz CT molecular complexity index is 246. The largest absolute Gasteiger partial charge is 0.481 e. The van der Waals surface area contributed by atoms with Crippen molar-refractivity contribution in [3.8, 4) is 0 Å². The minimum Gasteiger partial charge on any atom is -0.481 e.